The first kappa shape index (κ1) is 26.3. The lowest BCUT2D eigenvalue weighted by molar-refractivity contribution is -0.140. The van der Waals surface area contributed by atoms with Crippen molar-refractivity contribution in [3.05, 3.63) is 63.1 Å². The lowest BCUT2D eigenvalue weighted by atomic mass is 10.1. The highest BCUT2D eigenvalue weighted by Crippen LogP contribution is 2.25. The predicted molar refractivity (Wildman–Crippen MR) is 129 cm³/mol. The number of carbonyl (C=O) groups excluding carboxylic acids is 2. The van der Waals surface area contributed by atoms with E-state index >= 15 is 0 Å². The molecule has 0 bridgehead atoms. The number of hydrogen-bond acceptors (Lipinski definition) is 4. The molecular formula is C21H24Cl3N3O4S. The van der Waals surface area contributed by atoms with Gasteiger partial charge in [0.25, 0.3) is 0 Å². The van der Waals surface area contributed by atoms with E-state index < -0.39 is 28.5 Å². The number of sulfonamides is 1. The zero-order valence-electron chi connectivity index (χ0n) is 17.8. The molecule has 1 N–H and O–H groups in total. The molecular weight excluding hydrogens is 497 g/mol. The van der Waals surface area contributed by atoms with Gasteiger partial charge in [0.15, 0.2) is 0 Å². The molecule has 0 radical (unpaired) electrons. The second-order valence-corrected chi connectivity index (χ2v) is 10.2. The molecule has 0 aliphatic rings. The van der Waals surface area contributed by atoms with E-state index in [-0.39, 0.29) is 18.1 Å². The van der Waals surface area contributed by atoms with E-state index in [0.717, 1.165) is 10.6 Å². The molecule has 0 aromatic heterocycles. The Bertz CT molecular complexity index is 1100. The Morgan fingerprint density at radius 1 is 1.06 bits per heavy atom. The van der Waals surface area contributed by atoms with Crippen molar-refractivity contribution in [2.45, 2.75) is 25.9 Å². The van der Waals surface area contributed by atoms with Crippen LogP contribution in [-0.4, -0.2) is 51.0 Å². The molecule has 32 heavy (non-hydrogen) atoms. The number of amides is 2. The lowest BCUT2D eigenvalue weighted by Crippen LogP contribution is -2.51. The molecule has 0 saturated carbocycles. The van der Waals surface area contributed by atoms with Gasteiger partial charge in [-0.25, -0.2) is 8.42 Å². The van der Waals surface area contributed by atoms with Crippen LogP contribution in [0.4, 0.5) is 5.69 Å². The number of rotatable bonds is 9. The van der Waals surface area contributed by atoms with Gasteiger partial charge in [0.2, 0.25) is 21.8 Å². The molecule has 2 amide bonds. The summed E-state index contributed by atoms with van der Waals surface area (Å²) < 4.78 is 25.9. The van der Waals surface area contributed by atoms with Crippen molar-refractivity contribution in [1.82, 2.24) is 10.2 Å². The van der Waals surface area contributed by atoms with Crippen molar-refractivity contribution in [1.29, 1.82) is 0 Å². The van der Waals surface area contributed by atoms with E-state index in [9.17, 15) is 18.0 Å². The van der Waals surface area contributed by atoms with E-state index in [2.05, 4.69) is 5.32 Å². The van der Waals surface area contributed by atoms with E-state index in [0.29, 0.717) is 27.1 Å². The molecule has 0 saturated heterocycles. The lowest BCUT2D eigenvalue weighted by Gasteiger charge is -2.32. The Kier molecular flexibility index (Phi) is 9.21. The zero-order chi connectivity index (χ0) is 24.1. The minimum atomic E-state index is -3.82. The van der Waals surface area contributed by atoms with Crippen molar-refractivity contribution >= 4 is 62.3 Å². The first-order valence-electron chi connectivity index (χ1n) is 9.66. The largest absolute Gasteiger partial charge is 0.357 e. The number of carbonyl (C=O) groups is 2. The fourth-order valence-corrected chi connectivity index (χ4v) is 4.51. The van der Waals surface area contributed by atoms with Gasteiger partial charge in [0, 0.05) is 18.6 Å². The molecule has 11 heteroatoms. The van der Waals surface area contributed by atoms with Gasteiger partial charge < -0.3 is 10.2 Å². The number of halogens is 3. The maximum absolute atomic E-state index is 13.4. The summed E-state index contributed by atoms with van der Waals surface area (Å²) in [4.78, 5) is 27.2. The molecule has 174 valence electrons. The summed E-state index contributed by atoms with van der Waals surface area (Å²) in [5.74, 6) is -0.925. The summed E-state index contributed by atoms with van der Waals surface area (Å²) >= 11 is 18.1. The van der Waals surface area contributed by atoms with Gasteiger partial charge in [-0.1, -0.05) is 53.9 Å². The Labute approximate surface area is 203 Å². The molecule has 0 heterocycles. The summed E-state index contributed by atoms with van der Waals surface area (Å²) in [5.41, 5.74) is 0.889. The fraction of sp³-hybridized carbons (Fsp3) is 0.333. The van der Waals surface area contributed by atoms with Gasteiger partial charge in [-0.2, -0.15) is 0 Å². The quantitative estimate of drug-likeness (QED) is 0.542. The van der Waals surface area contributed by atoms with Gasteiger partial charge in [0.05, 0.1) is 22.0 Å². The smallest absolute Gasteiger partial charge is 0.244 e. The molecule has 0 fully saturated rings. The average molecular weight is 521 g/mol. The van der Waals surface area contributed by atoms with Gasteiger partial charge >= 0.3 is 0 Å². The minimum absolute atomic E-state index is 0.0365. The van der Waals surface area contributed by atoms with Crippen molar-refractivity contribution in [2.24, 2.45) is 0 Å². The SMILES string of the molecule is CC[C@H](C(=O)NC)N(Cc1ccc(Cl)c(Cl)c1)C(=O)CN(c1cccc(Cl)c1)S(C)(=O)=O. The maximum atomic E-state index is 13.4. The van der Waals surface area contributed by atoms with Crippen LogP contribution in [0.2, 0.25) is 15.1 Å². The molecule has 7 nitrogen and oxygen atoms in total. The monoisotopic (exact) mass is 519 g/mol. The van der Waals surface area contributed by atoms with E-state index in [1.54, 1.807) is 43.3 Å². The molecule has 0 aliphatic carbocycles. The number of nitrogens with one attached hydrogen (secondary N) is 1. The maximum Gasteiger partial charge on any atom is 0.244 e. The minimum Gasteiger partial charge on any atom is -0.357 e. The first-order chi connectivity index (χ1) is 15.0. The topological polar surface area (TPSA) is 86.8 Å². The summed E-state index contributed by atoms with van der Waals surface area (Å²) in [7, 11) is -2.34. The van der Waals surface area contributed by atoms with Gasteiger partial charge in [-0.3, -0.25) is 13.9 Å². The Hall–Kier alpha value is -2.00. The van der Waals surface area contributed by atoms with Crippen LogP contribution < -0.4 is 9.62 Å². The van der Waals surface area contributed by atoms with Crippen molar-refractivity contribution in [3.8, 4) is 0 Å². The molecule has 2 aromatic rings. The Morgan fingerprint density at radius 3 is 2.28 bits per heavy atom. The predicted octanol–water partition coefficient (Wildman–Crippen LogP) is 3.97. The molecule has 0 unspecified atom stereocenters. The van der Waals surface area contributed by atoms with Crippen LogP contribution >= 0.6 is 34.8 Å². The summed E-state index contributed by atoms with van der Waals surface area (Å²) in [6.45, 7) is 1.29. The average Bonchev–Trinajstić information content (AvgIpc) is 2.73. The zero-order valence-corrected chi connectivity index (χ0v) is 20.9. The second-order valence-electron chi connectivity index (χ2n) is 7.06. The van der Waals surface area contributed by atoms with E-state index in [1.807, 2.05) is 0 Å². The van der Waals surface area contributed by atoms with Gasteiger partial charge in [0.1, 0.15) is 12.6 Å². The van der Waals surface area contributed by atoms with Crippen LogP contribution in [0.3, 0.4) is 0 Å². The van der Waals surface area contributed by atoms with Crippen LogP contribution in [0.1, 0.15) is 18.9 Å². The fourth-order valence-electron chi connectivity index (χ4n) is 3.17. The number of hydrogen-bond donors (Lipinski definition) is 1. The summed E-state index contributed by atoms with van der Waals surface area (Å²) in [6.07, 6.45) is 1.32. The molecule has 1 atom stereocenters. The van der Waals surface area contributed by atoms with Gasteiger partial charge in [-0.05, 0) is 42.3 Å². The number of nitrogens with zero attached hydrogens (tertiary/aromatic N) is 2. The third kappa shape index (κ3) is 6.75. The van der Waals surface area contributed by atoms with Crippen molar-refractivity contribution in [2.75, 3.05) is 24.2 Å². The number of anilines is 1. The van der Waals surface area contributed by atoms with Crippen LogP contribution in [0.25, 0.3) is 0 Å². The second kappa shape index (κ2) is 11.2. The van der Waals surface area contributed by atoms with Crippen LogP contribution in [0, 0.1) is 0 Å². The summed E-state index contributed by atoms with van der Waals surface area (Å²) in [6, 6.07) is 10.3. The number of benzene rings is 2. The molecule has 0 aliphatic heterocycles. The highest BCUT2D eigenvalue weighted by molar-refractivity contribution is 7.92. The van der Waals surface area contributed by atoms with Crippen molar-refractivity contribution < 1.29 is 18.0 Å². The Morgan fingerprint density at radius 2 is 1.75 bits per heavy atom. The first-order valence-corrected chi connectivity index (χ1v) is 12.6. The molecule has 2 rings (SSSR count). The van der Waals surface area contributed by atoms with E-state index in [4.69, 9.17) is 34.8 Å². The highest BCUT2D eigenvalue weighted by Gasteiger charge is 2.31. The molecule has 0 spiro atoms. The van der Waals surface area contributed by atoms with Gasteiger partial charge in [-0.15, -0.1) is 0 Å². The van der Waals surface area contributed by atoms with Crippen LogP contribution in [-0.2, 0) is 26.2 Å². The van der Waals surface area contributed by atoms with Crippen LogP contribution in [0.15, 0.2) is 42.5 Å². The van der Waals surface area contributed by atoms with Crippen LogP contribution in [0.5, 0.6) is 0 Å². The Balaban J connectivity index is 2.44. The highest BCUT2D eigenvalue weighted by atomic mass is 35.5. The molecule has 2 aromatic carbocycles. The standard InChI is InChI=1S/C21H24Cl3N3O4S/c1-4-19(21(29)25-2)26(12-14-8-9-17(23)18(24)10-14)20(28)13-27(32(3,30)31)16-7-5-6-15(22)11-16/h5-11,19H,4,12-13H2,1-3H3,(H,25,29)/t19-/m1/s1. The number of likely N-dealkylation sites (N-methyl/N-ethyl adjacent to an activating group) is 1. The third-order valence-corrected chi connectivity index (χ3v) is 6.86. The normalized spacial score (nSPS) is 12.2. The third-order valence-electron chi connectivity index (χ3n) is 4.74. The summed E-state index contributed by atoms with van der Waals surface area (Å²) in [5, 5.41) is 3.54. The van der Waals surface area contributed by atoms with E-state index in [1.165, 1.54) is 18.0 Å². The van der Waals surface area contributed by atoms with Crippen molar-refractivity contribution in [3.63, 3.8) is 0 Å².